The van der Waals surface area contributed by atoms with Gasteiger partial charge in [0.1, 0.15) is 4.21 Å². The molecule has 2 heterocycles. The molecule has 0 radical (unpaired) electrons. The van der Waals surface area contributed by atoms with Gasteiger partial charge in [-0.15, -0.1) is 11.3 Å². The first-order chi connectivity index (χ1) is 7.82. The third-order valence-corrected chi connectivity index (χ3v) is 7.20. The molecule has 0 aromatic carbocycles. The van der Waals surface area contributed by atoms with Gasteiger partial charge < -0.3 is 10.2 Å². The van der Waals surface area contributed by atoms with Gasteiger partial charge in [-0.1, -0.05) is 11.6 Å². The topological polar surface area (TPSA) is 77.8 Å². The smallest absolute Gasteiger partial charge is 0.252 e. The first-order valence-electron chi connectivity index (χ1n) is 4.63. The largest absolute Gasteiger partial charge is 0.389 e. The lowest BCUT2D eigenvalue weighted by Crippen LogP contribution is -2.29. The predicted molar refractivity (Wildman–Crippen MR) is 67.8 cm³/mol. The van der Waals surface area contributed by atoms with Crippen LogP contribution in [0.3, 0.4) is 0 Å². The fraction of sp³-hybridized carbons (Fsp3) is 0.500. The van der Waals surface area contributed by atoms with E-state index in [0.717, 1.165) is 15.6 Å². The lowest BCUT2D eigenvalue weighted by atomic mass is 10.3. The van der Waals surface area contributed by atoms with Crippen LogP contribution in [0, 0.1) is 0 Å². The molecule has 1 fully saturated rings. The van der Waals surface area contributed by atoms with Crippen LogP contribution >= 0.6 is 38.9 Å². The summed E-state index contributed by atoms with van der Waals surface area (Å²) in [6.45, 7) is -0.201. The van der Waals surface area contributed by atoms with E-state index in [2.05, 4.69) is 15.9 Å². The van der Waals surface area contributed by atoms with Gasteiger partial charge in [0, 0.05) is 13.1 Å². The molecule has 0 spiro atoms. The molecule has 17 heavy (non-hydrogen) atoms. The summed E-state index contributed by atoms with van der Waals surface area (Å²) in [6.07, 6.45) is -2.08. The molecule has 0 amide bonds. The number of rotatable bonds is 2. The number of sulfonamides is 1. The highest BCUT2D eigenvalue weighted by atomic mass is 79.9. The number of halogens is 2. The van der Waals surface area contributed by atoms with Crippen LogP contribution in [0.1, 0.15) is 0 Å². The molecule has 2 N–H and O–H groups in total. The molecule has 1 aromatic rings. The maximum atomic E-state index is 12.1. The van der Waals surface area contributed by atoms with Crippen molar-refractivity contribution in [2.45, 2.75) is 16.4 Å². The third-order valence-electron chi connectivity index (χ3n) is 2.44. The van der Waals surface area contributed by atoms with Crippen molar-refractivity contribution in [3.05, 3.63) is 14.9 Å². The van der Waals surface area contributed by atoms with E-state index in [0.29, 0.717) is 8.81 Å². The van der Waals surface area contributed by atoms with E-state index in [1.165, 1.54) is 6.07 Å². The van der Waals surface area contributed by atoms with E-state index < -0.39 is 22.2 Å². The van der Waals surface area contributed by atoms with E-state index >= 15 is 0 Å². The van der Waals surface area contributed by atoms with Crippen LogP contribution < -0.4 is 0 Å². The Kier molecular flexibility index (Phi) is 3.85. The van der Waals surface area contributed by atoms with Gasteiger partial charge in [0.15, 0.2) is 0 Å². The van der Waals surface area contributed by atoms with Crippen LogP contribution in [0.5, 0.6) is 0 Å². The molecule has 1 aliphatic heterocycles. The maximum absolute atomic E-state index is 12.1. The fourth-order valence-electron chi connectivity index (χ4n) is 1.51. The minimum atomic E-state index is -3.69. The number of nitrogens with zero attached hydrogens (tertiary/aromatic N) is 1. The first kappa shape index (κ1) is 13.7. The zero-order valence-electron chi connectivity index (χ0n) is 8.38. The van der Waals surface area contributed by atoms with Gasteiger partial charge in [-0.2, -0.15) is 4.31 Å². The van der Waals surface area contributed by atoms with Crippen molar-refractivity contribution in [1.82, 2.24) is 4.31 Å². The van der Waals surface area contributed by atoms with Gasteiger partial charge in [0.05, 0.1) is 21.0 Å². The number of thiophene rings is 1. The molecule has 0 aliphatic carbocycles. The Morgan fingerprint density at radius 2 is 1.94 bits per heavy atom. The second-order valence-corrected chi connectivity index (χ2v) is 8.59. The molecule has 1 saturated heterocycles. The maximum Gasteiger partial charge on any atom is 0.252 e. The molecule has 0 saturated carbocycles. The Bertz CT molecular complexity index is 502. The van der Waals surface area contributed by atoms with Crippen molar-refractivity contribution in [2.24, 2.45) is 0 Å². The normalized spacial score (nSPS) is 26.6. The van der Waals surface area contributed by atoms with Crippen LogP contribution in [0.2, 0.25) is 5.02 Å². The zero-order valence-corrected chi connectivity index (χ0v) is 12.4. The summed E-state index contributed by atoms with van der Waals surface area (Å²) in [7, 11) is -3.69. The summed E-state index contributed by atoms with van der Waals surface area (Å²) >= 11 is 9.93. The van der Waals surface area contributed by atoms with E-state index in [9.17, 15) is 18.6 Å². The van der Waals surface area contributed by atoms with Crippen LogP contribution in [0.4, 0.5) is 0 Å². The summed E-state index contributed by atoms with van der Waals surface area (Å²) in [6, 6.07) is 1.35. The van der Waals surface area contributed by atoms with Crippen molar-refractivity contribution in [2.75, 3.05) is 13.1 Å². The van der Waals surface area contributed by atoms with Gasteiger partial charge >= 0.3 is 0 Å². The summed E-state index contributed by atoms with van der Waals surface area (Å²) in [4.78, 5) is 0. The average Bonchev–Trinajstić information content (AvgIpc) is 2.74. The van der Waals surface area contributed by atoms with Gasteiger partial charge in [0.2, 0.25) is 0 Å². The van der Waals surface area contributed by atoms with Crippen molar-refractivity contribution in [3.63, 3.8) is 0 Å². The van der Waals surface area contributed by atoms with Crippen molar-refractivity contribution in [1.29, 1.82) is 0 Å². The average molecular weight is 363 g/mol. The Morgan fingerprint density at radius 3 is 2.35 bits per heavy atom. The number of hydrogen-bond donors (Lipinski definition) is 2. The van der Waals surface area contributed by atoms with Gasteiger partial charge in [-0.25, -0.2) is 8.42 Å². The molecule has 5 nitrogen and oxygen atoms in total. The minimum Gasteiger partial charge on any atom is -0.389 e. The van der Waals surface area contributed by atoms with Crippen molar-refractivity contribution < 1.29 is 18.6 Å². The molecule has 9 heteroatoms. The highest BCUT2D eigenvalue weighted by Crippen LogP contribution is 2.36. The third kappa shape index (κ3) is 2.53. The predicted octanol–water partition coefficient (Wildman–Crippen LogP) is 0.890. The Hall–Kier alpha value is 0.300. The molecule has 96 valence electrons. The summed E-state index contributed by atoms with van der Waals surface area (Å²) in [5.74, 6) is 0. The summed E-state index contributed by atoms with van der Waals surface area (Å²) in [5, 5.41) is 19.0. The lowest BCUT2D eigenvalue weighted by Gasteiger charge is -2.13. The molecule has 1 aromatic heterocycles. The van der Waals surface area contributed by atoms with Crippen LogP contribution in [-0.2, 0) is 10.0 Å². The quantitative estimate of drug-likeness (QED) is 0.819. The standard InChI is InChI=1S/C8H9BrClNO4S2/c9-8-4(10)1-7(16-8)17(14,15)11-2-5(12)6(13)3-11/h1,5-6,12-13H,2-3H2/t5-,6+. The lowest BCUT2D eigenvalue weighted by molar-refractivity contribution is 0.0572. The number of β-amino-alcohol motifs (C(OH)–C–C–N with tert-alkyl or cyclic N) is 2. The number of aliphatic hydroxyl groups is 2. The molecular weight excluding hydrogens is 354 g/mol. The van der Waals surface area contributed by atoms with Gasteiger partial charge in [0.25, 0.3) is 10.0 Å². The molecular formula is C8H9BrClNO4S2. The van der Waals surface area contributed by atoms with Crippen LogP contribution in [-0.4, -0.2) is 48.2 Å². The molecule has 0 unspecified atom stereocenters. The van der Waals surface area contributed by atoms with E-state index in [-0.39, 0.29) is 17.3 Å². The Labute approximate surface area is 116 Å². The Balaban J connectivity index is 2.31. The van der Waals surface area contributed by atoms with Crippen molar-refractivity contribution >= 4 is 48.9 Å². The first-order valence-corrected chi connectivity index (χ1v) is 8.06. The Morgan fingerprint density at radius 1 is 1.41 bits per heavy atom. The molecule has 2 rings (SSSR count). The second-order valence-electron chi connectivity index (χ2n) is 3.64. The van der Waals surface area contributed by atoms with Crippen molar-refractivity contribution in [3.8, 4) is 0 Å². The summed E-state index contributed by atoms with van der Waals surface area (Å²) < 4.78 is 25.9. The van der Waals surface area contributed by atoms with Gasteiger partial charge in [-0.3, -0.25) is 0 Å². The van der Waals surface area contributed by atoms with Crippen LogP contribution in [0.15, 0.2) is 14.1 Å². The van der Waals surface area contributed by atoms with E-state index in [1.54, 1.807) is 0 Å². The number of aliphatic hydroxyl groups excluding tert-OH is 2. The summed E-state index contributed by atoms with van der Waals surface area (Å²) in [5.41, 5.74) is 0. The minimum absolute atomic E-state index is 0.0932. The highest BCUT2D eigenvalue weighted by Gasteiger charge is 2.38. The monoisotopic (exact) mass is 361 g/mol. The fourth-order valence-corrected chi connectivity index (χ4v) is 5.54. The van der Waals surface area contributed by atoms with E-state index in [4.69, 9.17) is 11.6 Å². The molecule has 2 atom stereocenters. The van der Waals surface area contributed by atoms with Crippen LogP contribution in [0.25, 0.3) is 0 Å². The second kappa shape index (κ2) is 4.76. The van der Waals surface area contributed by atoms with E-state index in [1.807, 2.05) is 0 Å². The number of hydrogen-bond acceptors (Lipinski definition) is 5. The highest BCUT2D eigenvalue weighted by molar-refractivity contribution is 9.11. The molecule has 0 bridgehead atoms. The zero-order chi connectivity index (χ0) is 12.8. The SMILES string of the molecule is O=S(=O)(c1cc(Cl)c(Br)s1)N1C[C@@H](O)[C@@H](O)C1. The molecule has 1 aliphatic rings. The van der Waals surface area contributed by atoms with Gasteiger partial charge in [-0.05, 0) is 22.0 Å².